The van der Waals surface area contributed by atoms with E-state index in [4.69, 9.17) is 5.11 Å². The first-order chi connectivity index (χ1) is 4.79. The zero-order valence-corrected chi connectivity index (χ0v) is 5.47. The summed E-state index contributed by atoms with van der Waals surface area (Å²) < 4.78 is 0. The summed E-state index contributed by atoms with van der Waals surface area (Å²) in [5.41, 5.74) is 1.78. The average Bonchev–Trinajstić information content (AvgIpc) is 2.39. The third kappa shape index (κ3) is 0.478. The van der Waals surface area contributed by atoms with Gasteiger partial charge in [-0.05, 0) is 6.92 Å². The number of H-pyrrole nitrogens is 2. The molecule has 2 aromatic heterocycles. The molecule has 0 unspecified atom stereocenters. The second-order valence-electron chi connectivity index (χ2n) is 2.26. The van der Waals surface area contributed by atoms with Gasteiger partial charge in [-0.25, -0.2) is 0 Å². The highest BCUT2D eigenvalue weighted by Gasteiger charge is 2.06. The summed E-state index contributed by atoms with van der Waals surface area (Å²) in [6.07, 6.45) is 1.59. The van der Waals surface area contributed by atoms with Crippen molar-refractivity contribution < 1.29 is 5.11 Å². The van der Waals surface area contributed by atoms with Crippen LogP contribution in [0.4, 0.5) is 0 Å². The Labute approximate surface area is 56.9 Å². The summed E-state index contributed by atoms with van der Waals surface area (Å²) in [6.45, 7) is 1.88. The van der Waals surface area contributed by atoms with Crippen LogP contribution < -0.4 is 0 Å². The maximum Gasteiger partial charge on any atom is 0.199 e. The number of aromatic amines is 2. The van der Waals surface area contributed by atoms with Gasteiger partial charge in [0, 0.05) is 5.69 Å². The van der Waals surface area contributed by atoms with Gasteiger partial charge in [-0.1, -0.05) is 0 Å². The molecule has 0 bridgehead atoms. The fraction of sp³-hybridized carbons (Fsp3) is 0.167. The van der Waals surface area contributed by atoms with Crippen molar-refractivity contribution in [3.63, 3.8) is 0 Å². The summed E-state index contributed by atoms with van der Waals surface area (Å²) in [7, 11) is 0. The molecule has 0 spiro atoms. The molecule has 52 valence electrons. The molecule has 0 aliphatic rings. The molecular formula is C6H7N3O. The maximum atomic E-state index is 9.17. The standard InChI is InChI=1S/C6H7N3O/c1-3-5-4(2-7-9-5)6(10)8-3/h2,8-10H,1H3. The first kappa shape index (κ1) is 5.34. The van der Waals surface area contributed by atoms with Crippen LogP contribution in [0.15, 0.2) is 6.20 Å². The molecule has 0 fully saturated rings. The molecule has 0 aromatic carbocycles. The lowest BCUT2D eigenvalue weighted by Crippen LogP contribution is -1.71. The van der Waals surface area contributed by atoms with Gasteiger partial charge in [0.05, 0.1) is 17.1 Å². The Balaban J connectivity index is 2.98. The number of aromatic nitrogens is 3. The van der Waals surface area contributed by atoms with Gasteiger partial charge in [-0.3, -0.25) is 5.10 Å². The van der Waals surface area contributed by atoms with Gasteiger partial charge in [0.25, 0.3) is 0 Å². The van der Waals surface area contributed by atoms with Crippen molar-refractivity contribution in [2.75, 3.05) is 0 Å². The minimum absolute atomic E-state index is 0.182. The molecule has 0 atom stereocenters. The molecule has 10 heavy (non-hydrogen) atoms. The van der Waals surface area contributed by atoms with Gasteiger partial charge >= 0.3 is 0 Å². The Morgan fingerprint density at radius 2 is 2.40 bits per heavy atom. The highest BCUT2D eigenvalue weighted by Crippen LogP contribution is 2.23. The zero-order valence-electron chi connectivity index (χ0n) is 5.47. The predicted molar refractivity (Wildman–Crippen MR) is 36.8 cm³/mol. The van der Waals surface area contributed by atoms with Crippen LogP contribution >= 0.6 is 0 Å². The van der Waals surface area contributed by atoms with Gasteiger partial charge in [0.1, 0.15) is 0 Å². The van der Waals surface area contributed by atoms with Crippen LogP contribution in [0.5, 0.6) is 5.88 Å². The fourth-order valence-corrected chi connectivity index (χ4v) is 1.06. The van der Waals surface area contributed by atoms with Gasteiger partial charge in [0.2, 0.25) is 0 Å². The molecule has 2 heterocycles. The van der Waals surface area contributed by atoms with E-state index in [1.807, 2.05) is 6.92 Å². The van der Waals surface area contributed by atoms with Crippen molar-refractivity contribution in [2.24, 2.45) is 0 Å². The van der Waals surface area contributed by atoms with E-state index in [0.29, 0.717) is 0 Å². The highest BCUT2D eigenvalue weighted by molar-refractivity contribution is 5.86. The zero-order chi connectivity index (χ0) is 7.14. The Morgan fingerprint density at radius 1 is 1.60 bits per heavy atom. The Bertz CT molecular complexity index is 328. The second-order valence-corrected chi connectivity index (χ2v) is 2.26. The van der Waals surface area contributed by atoms with E-state index in [-0.39, 0.29) is 5.88 Å². The van der Waals surface area contributed by atoms with Crippen LogP contribution in [-0.4, -0.2) is 20.3 Å². The number of fused-ring (bicyclic) bond motifs is 1. The molecule has 0 aliphatic carbocycles. The van der Waals surface area contributed by atoms with E-state index in [9.17, 15) is 0 Å². The van der Waals surface area contributed by atoms with E-state index in [1.54, 1.807) is 6.20 Å². The molecular weight excluding hydrogens is 130 g/mol. The predicted octanol–water partition coefficient (Wildman–Crippen LogP) is 0.905. The third-order valence-electron chi connectivity index (χ3n) is 1.58. The molecule has 2 rings (SSSR count). The Kier molecular flexibility index (Phi) is 0.818. The molecule has 0 amide bonds. The monoisotopic (exact) mass is 137 g/mol. The maximum absolute atomic E-state index is 9.17. The van der Waals surface area contributed by atoms with Gasteiger partial charge in [-0.2, -0.15) is 5.10 Å². The molecule has 0 saturated heterocycles. The lowest BCUT2D eigenvalue weighted by molar-refractivity contribution is 0.461. The molecule has 0 aliphatic heterocycles. The van der Waals surface area contributed by atoms with Gasteiger partial charge < -0.3 is 10.1 Å². The van der Waals surface area contributed by atoms with Crippen LogP contribution in [0, 0.1) is 6.92 Å². The van der Waals surface area contributed by atoms with Gasteiger partial charge in [-0.15, -0.1) is 0 Å². The topological polar surface area (TPSA) is 64.7 Å². The lowest BCUT2D eigenvalue weighted by Gasteiger charge is -1.80. The summed E-state index contributed by atoms with van der Waals surface area (Å²) in [6, 6.07) is 0. The van der Waals surface area contributed by atoms with Crippen molar-refractivity contribution in [3.8, 4) is 5.88 Å². The number of nitrogens with zero attached hydrogens (tertiary/aromatic N) is 1. The molecule has 0 radical (unpaired) electrons. The normalized spacial score (nSPS) is 10.9. The number of aryl methyl sites for hydroxylation is 1. The first-order valence-electron chi connectivity index (χ1n) is 2.99. The quantitative estimate of drug-likeness (QED) is 0.505. The van der Waals surface area contributed by atoms with Crippen molar-refractivity contribution >= 4 is 10.9 Å². The highest BCUT2D eigenvalue weighted by atomic mass is 16.3. The Morgan fingerprint density at radius 3 is 3.10 bits per heavy atom. The van der Waals surface area contributed by atoms with Crippen molar-refractivity contribution in [3.05, 3.63) is 11.9 Å². The van der Waals surface area contributed by atoms with Crippen molar-refractivity contribution in [2.45, 2.75) is 6.92 Å². The lowest BCUT2D eigenvalue weighted by atomic mass is 10.4. The molecule has 3 N–H and O–H groups in total. The molecule has 4 heteroatoms. The first-order valence-corrected chi connectivity index (χ1v) is 2.99. The summed E-state index contributed by atoms with van der Waals surface area (Å²) in [4.78, 5) is 2.78. The molecule has 0 saturated carbocycles. The van der Waals surface area contributed by atoms with Crippen LogP contribution in [0.3, 0.4) is 0 Å². The van der Waals surface area contributed by atoms with E-state index in [2.05, 4.69) is 15.2 Å². The third-order valence-corrected chi connectivity index (χ3v) is 1.58. The summed E-state index contributed by atoms with van der Waals surface area (Å²) in [5, 5.41) is 16.5. The SMILES string of the molecule is Cc1[nH]c(O)c2cn[nH]c12. The minimum Gasteiger partial charge on any atom is -0.494 e. The summed E-state index contributed by atoms with van der Waals surface area (Å²) >= 11 is 0. The van der Waals surface area contributed by atoms with Crippen LogP contribution in [0.25, 0.3) is 10.9 Å². The number of hydrogen-bond acceptors (Lipinski definition) is 2. The van der Waals surface area contributed by atoms with Crippen LogP contribution in [0.1, 0.15) is 5.69 Å². The Hall–Kier alpha value is -1.45. The number of hydrogen-bond donors (Lipinski definition) is 3. The van der Waals surface area contributed by atoms with E-state index < -0.39 is 0 Å². The van der Waals surface area contributed by atoms with Crippen molar-refractivity contribution in [1.82, 2.24) is 15.2 Å². The van der Waals surface area contributed by atoms with E-state index in [1.165, 1.54) is 0 Å². The molecule has 4 nitrogen and oxygen atoms in total. The van der Waals surface area contributed by atoms with Gasteiger partial charge in [0.15, 0.2) is 5.88 Å². The minimum atomic E-state index is 0.182. The number of aromatic hydroxyl groups is 1. The number of rotatable bonds is 0. The number of nitrogens with one attached hydrogen (secondary N) is 2. The van der Waals surface area contributed by atoms with E-state index in [0.717, 1.165) is 16.6 Å². The largest absolute Gasteiger partial charge is 0.494 e. The molecule has 2 aromatic rings. The van der Waals surface area contributed by atoms with Crippen LogP contribution in [-0.2, 0) is 0 Å². The average molecular weight is 137 g/mol. The van der Waals surface area contributed by atoms with Crippen molar-refractivity contribution in [1.29, 1.82) is 0 Å². The van der Waals surface area contributed by atoms with Crippen LogP contribution in [0.2, 0.25) is 0 Å². The fourth-order valence-electron chi connectivity index (χ4n) is 1.06. The summed E-state index contributed by atoms with van der Waals surface area (Å²) in [5.74, 6) is 0.182. The van der Waals surface area contributed by atoms with E-state index >= 15 is 0 Å². The smallest absolute Gasteiger partial charge is 0.199 e. The second kappa shape index (κ2) is 1.53.